The van der Waals surface area contributed by atoms with Crippen LogP contribution in [0.15, 0.2) is 40.9 Å². The normalized spacial score (nSPS) is 23.2. The Morgan fingerprint density at radius 3 is 2.59 bits per heavy atom. The second-order valence-electron chi connectivity index (χ2n) is 9.43. The Balaban J connectivity index is 1.47. The van der Waals surface area contributed by atoms with Crippen molar-refractivity contribution in [2.75, 3.05) is 13.2 Å². The second-order valence-corrected chi connectivity index (χ2v) is 10.3. The molecular formula is C25H26BrNO5. The van der Waals surface area contributed by atoms with E-state index in [9.17, 15) is 9.90 Å². The van der Waals surface area contributed by atoms with Gasteiger partial charge in [0, 0.05) is 32.0 Å². The molecule has 32 heavy (non-hydrogen) atoms. The maximum atomic E-state index is 13.5. The topological polar surface area (TPSA) is 80.8 Å². The van der Waals surface area contributed by atoms with Crippen LogP contribution in [0.2, 0.25) is 0 Å². The number of carbonyl (C=O) groups excluding carboxylic acids is 1. The van der Waals surface area contributed by atoms with Gasteiger partial charge in [-0.15, -0.1) is 0 Å². The number of aromatic nitrogens is 1. The Morgan fingerprint density at radius 1 is 1.09 bits per heavy atom. The summed E-state index contributed by atoms with van der Waals surface area (Å²) in [5, 5.41) is 10.5. The molecule has 5 rings (SSSR count). The first-order chi connectivity index (χ1) is 15.1. The van der Waals surface area contributed by atoms with Gasteiger partial charge in [-0.05, 0) is 49.7 Å². The average Bonchev–Trinajstić information content (AvgIpc) is 3.27. The minimum Gasteiger partial charge on any atom is -0.491 e. The Hall–Kier alpha value is -2.19. The van der Waals surface area contributed by atoms with Gasteiger partial charge in [0.2, 0.25) is 0 Å². The van der Waals surface area contributed by atoms with Crippen LogP contribution >= 0.6 is 15.9 Å². The highest BCUT2D eigenvalue weighted by Crippen LogP contribution is 2.45. The summed E-state index contributed by atoms with van der Waals surface area (Å²) < 4.78 is 18.6. The first-order valence-corrected chi connectivity index (χ1v) is 11.5. The molecule has 1 saturated heterocycles. The summed E-state index contributed by atoms with van der Waals surface area (Å²) in [5.74, 6) is -0.0897. The minimum absolute atomic E-state index is 0.0177. The fourth-order valence-electron chi connectivity index (χ4n) is 4.86. The fourth-order valence-corrected chi connectivity index (χ4v) is 5.22. The van der Waals surface area contributed by atoms with Gasteiger partial charge in [-0.3, -0.25) is 4.79 Å². The first-order valence-electron chi connectivity index (χ1n) is 10.7. The number of aromatic amines is 1. The van der Waals surface area contributed by atoms with Gasteiger partial charge < -0.3 is 24.3 Å². The van der Waals surface area contributed by atoms with E-state index in [1.165, 1.54) is 0 Å². The maximum Gasteiger partial charge on any atom is 0.195 e. The summed E-state index contributed by atoms with van der Waals surface area (Å²) in [6, 6.07) is 11.5. The number of carbonyl (C=O) groups is 1. The molecule has 2 aromatic carbocycles. The number of aliphatic hydroxyl groups is 1. The number of hydrogen-bond acceptors (Lipinski definition) is 5. The molecule has 0 spiro atoms. The van der Waals surface area contributed by atoms with Gasteiger partial charge in [0.05, 0.1) is 12.2 Å². The highest BCUT2D eigenvalue weighted by atomic mass is 79.9. The van der Waals surface area contributed by atoms with Gasteiger partial charge in [0.1, 0.15) is 24.6 Å². The van der Waals surface area contributed by atoms with E-state index in [0.717, 1.165) is 32.2 Å². The zero-order valence-electron chi connectivity index (χ0n) is 18.5. The van der Waals surface area contributed by atoms with E-state index in [0.29, 0.717) is 11.3 Å². The SMILES string of the molecule is CC1(C)OC(CO)C(COc2ccc3c(c2)C(C)(C)c2[nH]c4cc(Br)ccc4c2C3=O)O1. The number of aliphatic hydroxyl groups excluding tert-OH is 1. The van der Waals surface area contributed by atoms with Crippen molar-refractivity contribution in [1.29, 1.82) is 0 Å². The fraction of sp³-hybridized carbons (Fsp3) is 0.400. The first kappa shape index (κ1) is 21.6. The monoisotopic (exact) mass is 499 g/mol. The van der Waals surface area contributed by atoms with E-state index in [1.54, 1.807) is 0 Å². The molecule has 2 atom stereocenters. The van der Waals surface area contributed by atoms with E-state index >= 15 is 0 Å². The Morgan fingerprint density at radius 2 is 1.84 bits per heavy atom. The van der Waals surface area contributed by atoms with Gasteiger partial charge in [-0.2, -0.15) is 0 Å². The Labute approximate surface area is 195 Å². The van der Waals surface area contributed by atoms with Gasteiger partial charge in [0.25, 0.3) is 0 Å². The molecule has 1 aromatic heterocycles. The number of benzene rings is 2. The zero-order chi connectivity index (χ0) is 22.8. The lowest BCUT2D eigenvalue weighted by Crippen LogP contribution is -2.32. The van der Waals surface area contributed by atoms with Crippen molar-refractivity contribution in [2.45, 2.75) is 51.1 Å². The molecule has 0 saturated carbocycles. The van der Waals surface area contributed by atoms with Crippen LogP contribution in [0.3, 0.4) is 0 Å². The quantitative estimate of drug-likeness (QED) is 0.544. The molecule has 1 aliphatic carbocycles. The molecular weight excluding hydrogens is 474 g/mol. The van der Waals surface area contributed by atoms with Crippen LogP contribution in [-0.4, -0.2) is 47.1 Å². The highest BCUT2D eigenvalue weighted by Gasteiger charge is 2.42. The molecule has 2 heterocycles. The van der Waals surface area contributed by atoms with Crippen LogP contribution in [0.25, 0.3) is 10.9 Å². The average molecular weight is 500 g/mol. The molecule has 7 heteroatoms. The number of halogens is 1. The van der Waals surface area contributed by atoms with Crippen LogP contribution in [0.1, 0.15) is 54.9 Å². The summed E-state index contributed by atoms with van der Waals surface area (Å²) in [4.78, 5) is 16.9. The number of nitrogens with one attached hydrogen (secondary N) is 1. The van der Waals surface area contributed by atoms with E-state index < -0.39 is 17.3 Å². The number of rotatable bonds is 4. The van der Waals surface area contributed by atoms with Crippen molar-refractivity contribution >= 4 is 32.6 Å². The van der Waals surface area contributed by atoms with E-state index in [-0.39, 0.29) is 25.1 Å². The summed E-state index contributed by atoms with van der Waals surface area (Å²) in [6.07, 6.45) is -0.812. The van der Waals surface area contributed by atoms with Crippen molar-refractivity contribution < 1.29 is 24.1 Å². The van der Waals surface area contributed by atoms with Crippen LogP contribution in [-0.2, 0) is 14.9 Å². The standard InChI is InChI=1S/C25H26BrNO5/c1-24(2)17-10-14(30-12-20-19(11-28)31-25(3,4)32-20)6-8-15(17)22(29)21-16-7-5-13(26)9-18(16)27-23(21)24/h5-10,19-20,27-28H,11-12H2,1-4H3. The number of ketones is 1. The number of fused-ring (bicyclic) bond motifs is 4. The molecule has 1 aliphatic heterocycles. The lowest BCUT2D eigenvalue weighted by Gasteiger charge is -2.32. The maximum absolute atomic E-state index is 13.5. The van der Waals surface area contributed by atoms with E-state index in [4.69, 9.17) is 14.2 Å². The van der Waals surface area contributed by atoms with E-state index in [1.807, 2.05) is 50.2 Å². The summed E-state index contributed by atoms with van der Waals surface area (Å²) in [6.45, 7) is 7.97. The smallest absolute Gasteiger partial charge is 0.195 e. The number of ether oxygens (including phenoxy) is 3. The minimum atomic E-state index is -0.757. The second kappa shape index (κ2) is 7.42. The lowest BCUT2D eigenvalue weighted by atomic mass is 9.71. The molecule has 168 valence electrons. The van der Waals surface area contributed by atoms with Crippen molar-refractivity contribution in [2.24, 2.45) is 0 Å². The number of H-pyrrole nitrogens is 1. The molecule has 2 aliphatic rings. The molecule has 0 radical (unpaired) electrons. The molecule has 2 N–H and O–H groups in total. The molecule has 3 aromatic rings. The van der Waals surface area contributed by atoms with Crippen molar-refractivity contribution in [3.05, 3.63) is 63.3 Å². The summed E-state index contributed by atoms with van der Waals surface area (Å²) in [7, 11) is 0. The van der Waals surface area contributed by atoms with Gasteiger partial charge in [-0.1, -0.05) is 35.8 Å². The van der Waals surface area contributed by atoms with Gasteiger partial charge in [0.15, 0.2) is 11.6 Å². The van der Waals surface area contributed by atoms with Crippen molar-refractivity contribution in [1.82, 2.24) is 4.98 Å². The Bertz CT molecular complexity index is 1230. The third-order valence-electron chi connectivity index (χ3n) is 6.40. The van der Waals surface area contributed by atoms with Crippen LogP contribution < -0.4 is 4.74 Å². The largest absolute Gasteiger partial charge is 0.491 e. The molecule has 1 fully saturated rings. The van der Waals surface area contributed by atoms with Crippen LogP contribution in [0.5, 0.6) is 5.75 Å². The van der Waals surface area contributed by atoms with Crippen LogP contribution in [0.4, 0.5) is 0 Å². The molecule has 0 bridgehead atoms. The lowest BCUT2D eigenvalue weighted by molar-refractivity contribution is -0.150. The summed E-state index contributed by atoms with van der Waals surface area (Å²) >= 11 is 3.51. The van der Waals surface area contributed by atoms with E-state index in [2.05, 4.69) is 34.8 Å². The van der Waals surface area contributed by atoms with Crippen LogP contribution in [0, 0.1) is 0 Å². The third kappa shape index (κ3) is 3.39. The summed E-state index contributed by atoms with van der Waals surface area (Å²) in [5.41, 5.74) is 3.78. The highest BCUT2D eigenvalue weighted by molar-refractivity contribution is 9.10. The predicted octanol–water partition coefficient (Wildman–Crippen LogP) is 4.69. The van der Waals surface area contributed by atoms with Gasteiger partial charge >= 0.3 is 0 Å². The van der Waals surface area contributed by atoms with Gasteiger partial charge in [-0.25, -0.2) is 0 Å². The molecule has 2 unspecified atom stereocenters. The van der Waals surface area contributed by atoms with Crippen molar-refractivity contribution in [3.63, 3.8) is 0 Å². The molecule has 6 nitrogen and oxygen atoms in total. The zero-order valence-corrected chi connectivity index (χ0v) is 20.1. The predicted molar refractivity (Wildman–Crippen MR) is 124 cm³/mol. The van der Waals surface area contributed by atoms with Crippen molar-refractivity contribution in [3.8, 4) is 5.75 Å². The Kier molecular flexibility index (Phi) is 5.02. The molecule has 0 amide bonds. The number of hydrogen-bond donors (Lipinski definition) is 2. The third-order valence-corrected chi connectivity index (χ3v) is 6.89.